The van der Waals surface area contributed by atoms with Crippen molar-refractivity contribution < 1.29 is 8.78 Å². The molecular weight excluding hydrogens is 683 g/mol. The van der Waals surface area contributed by atoms with Crippen LogP contribution in [-0.4, -0.2) is 43.6 Å². The van der Waals surface area contributed by atoms with Crippen LogP contribution in [0.25, 0.3) is 22.9 Å². The molecule has 0 saturated carbocycles. The van der Waals surface area contributed by atoms with E-state index < -0.39 is 20.1 Å². The number of benzene rings is 6. The summed E-state index contributed by atoms with van der Waals surface area (Å²) in [7, 11) is -1.81. The number of halogens is 2. The lowest BCUT2D eigenvalue weighted by Crippen LogP contribution is -2.36. The SMILES string of the molecule is CS(C)(C)c1ccc(N(c2cccc(F)c2)c2ccc3c4c5c(ccc24)C=CC(N(c2ccc(S(C)(C)C)cc2)c2cccc(F)c2)C5C=C3)cc1. The molecule has 0 fully saturated rings. The zero-order chi connectivity index (χ0) is 36.4. The fourth-order valence-electron chi connectivity index (χ4n) is 7.68. The molecule has 2 nitrogen and oxygen atoms in total. The molecule has 0 bridgehead atoms. The summed E-state index contributed by atoms with van der Waals surface area (Å²) in [5.41, 5.74) is 8.16. The van der Waals surface area contributed by atoms with Crippen molar-refractivity contribution in [1.82, 2.24) is 0 Å². The van der Waals surface area contributed by atoms with Crippen molar-refractivity contribution in [3.63, 3.8) is 0 Å². The number of nitrogens with zero attached hydrogens (tertiary/aromatic N) is 2. The van der Waals surface area contributed by atoms with Crippen LogP contribution in [0.5, 0.6) is 0 Å². The molecular formula is C46H44F2N2S2. The summed E-state index contributed by atoms with van der Waals surface area (Å²) in [6, 6.07) is 40.0. The summed E-state index contributed by atoms with van der Waals surface area (Å²) in [5, 5.41) is 2.30. The van der Waals surface area contributed by atoms with Crippen LogP contribution in [0.2, 0.25) is 0 Å². The van der Waals surface area contributed by atoms with Crippen LogP contribution in [-0.2, 0) is 0 Å². The first kappa shape index (κ1) is 34.3. The van der Waals surface area contributed by atoms with Crippen molar-refractivity contribution in [1.29, 1.82) is 0 Å². The Hall–Kier alpha value is -4.78. The van der Waals surface area contributed by atoms with Gasteiger partial charge in [0.05, 0.1) is 11.7 Å². The highest BCUT2D eigenvalue weighted by Gasteiger charge is 2.35. The molecule has 0 radical (unpaired) electrons. The maximum absolute atomic E-state index is 14.9. The Balaban J connectivity index is 1.29. The Bertz CT molecular complexity index is 2370. The lowest BCUT2D eigenvalue weighted by molar-refractivity contribution is 0.625. The van der Waals surface area contributed by atoms with E-state index in [0.717, 1.165) is 39.4 Å². The van der Waals surface area contributed by atoms with Gasteiger partial charge >= 0.3 is 0 Å². The van der Waals surface area contributed by atoms with Crippen molar-refractivity contribution in [3.05, 3.63) is 162 Å². The molecule has 0 aromatic heterocycles. The number of anilines is 5. The molecule has 0 aliphatic heterocycles. The smallest absolute Gasteiger partial charge is 0.125 e. The molecule has 52 heavy (non-hydrogen) atoms. The molecule has 0 saturated heterocycles. The van der Waals surface area contributed by atoms with E-state index in [4.69, 9.17) is 0 Å². The maximum Gasteiger partial charge on any atom is 0.125 e. The van der Waals surface area contributed by atoms with Gasteiger partial charge in [-0.05, 0) is 160 Å². The molecule has 8 rings (SSSR count). The molecule has 264 valence electrons. The summed E-state index contributed by atoms with van der Waals surface area (Å²) in [6.45, 7) is 0. The normalized spacial score (nSPS) is 16.9. The molecule has 0 heterocycles. The molecule has 6 heteroatoms. The Kier molecular flexibility index (Phi) is 8.59. The third kappa shape index (κ3) is 6.22. The molecule has 0 amide bonds. The first-order valence-electron chi connectivity index (χ1n) is 17.5. The average molecular weight is 727 g/mol. The lowest BCUT2D eigenvalue weighted by atomic mass is 9.75. The molecule has 6 aromatic rings. The first-order valence-corrected chi connectivity index (χ1v) is 23.2. The molecule has 6 aromatic carbocycles. The van der Waals surface area contributed by atoms with Crippen molar-refractivity contribution in [3.8, 4) is 0 Å². The largest absolute Gasteiger partial charge is 0.333 e. The quantitative estimate of drug-likeness (QED) is 0.154. The predicted octanol–water partition coefficient (Wildman–Crippen LogP) is 13.0. The number of rotatable bonds is 8. The van der Waals surface area contributed by atoms with Gasteiger partial charge in [-0.1, -0.05) is 54.6 Å². The van der Waals surface area contributed by atoms with Crippen LogP contribution in [0.15, 0.2) is 143 Å². The summed E-state index contributed by atoms with van der Waals surface area (Å²) < 4.78 is 29.8. The zero-order valence-corrected chi connectivity index (χ0v) is 32.1. The fourth-order valence-corrected chi connectivity index (χ4v) is 9.58. The summed E-state index contributed by atoms with van der Waals surface area (Å²) in [6.07, 6.45) is 22.8. The highest BCUT2D eigenvalue weighted by molar-refractivity contribution is 8.32. The highest BCUT2D eigenvalue weighted by Crippen LogP contribution is 2.51. The van der Waals surface area contributed by atoms with Crippen LogP contribution in [0.4, 0.5) is 37.2 Å². The molecule has 2 unspecified atom stereocenters. The van der Waals surface area contributed by atoms with Crippen molar-refractivity contribution >= 4 is 71.4 Å². The Morgan fingerprint density at radius 3 is 1.69 bits per heavy atom. The molecule has 2 aliphatic rings. The van der Waals surface area contributed by atoms with Crippen molar-refractivity contribution in [2.24, 2.45) is 0 Å². The van der Waals surface area contributed by atoms with Gasteiger partial charge in [-0.25, -0.2) is 28.8 Å². The standard InChI is InChI=1S/C46H44F2N2S2/c1-51(2,3)39-21-17-35(18-22-39)49(37-11-7-9-33(47)29-37)43-27-15-31-14-26-42-44(28-16-32-13-25-41(43)45(31)46(32)42)50(38-12-8-10-34(48)30-38)36-19-23-40(24-20-36)52(4,5)6/h7-30,41,43H,1-6H3. The predicted molar refractivity (Wildman–Crippen MR) is 225 cm³/mol. The van der Waals surface area contributed by atoms with Crippen LogP contribution in [0.1, 0.15) is 22.6 Å². The minimum absolute atomic E-state index is 0.000649. The Labute approximate surface area is 309 Å². The summed E-state index contributed by atoms with van der Waals surface area (Å²) in [5.74, 6) is -0.535. The van der Waals surface area contributed by atoms with E-state index in [-0.39, 0.29) is 23.6 Å². The Morgan fingerprint density at radius 1 is 0.519 bits per heavy atom. The van der Waals surface area contributed by atoms with E-state index >= 15 is 0 Å². The monoisotopic (exact) mass is 726 g/mol. The van der Waals surface area contributed by atoms with E-state index in [1.165, 1.54) is 38.4 Å². The van der Waals surface area contributed by atoms with Gasteiger partial charge in [-0.2, -0.15) is 0 Å². The third-order valence-electron chi connectivity index (χ3n) is 10.2. The molecule has 2 aliphatic carbocycles. The van der Waals surface area contributed by atoms with Crippen LogP contribution >= 0.6 is 20.1 Å². The van der Waals surface area contributed by atoms with Gasteiger partial charge in [0.15, 0.2) is 0 Å². The second-order valence-electron chi connectivity index (χ2n) is 15.2. The van der Waals surface area contributed by atoms with Gasteiger partial charge < -0.3 is 9.80 Å². The highest BCUT2D eigenvalue weighted by atomic mass is 32.3. The van der Waals surface area contributed by atoms with Gasteiger partial charge in [0, 0.05) is 34.1 Å². The maximum atomic E-state index is 14.9. The van der Waals surface area contributed by atoms with E-state index in [0.29, 0.717) is 0 Å². The van der Waals surface area contributed by atoms with E-state index in [1.807, 2.05) is 12.1 Å². The second kappa shape index (κ2) is 13.0. The lowest BCUT2D eigenvalue weighted by Gasteiger charge is -2.41. The molecule has 0 spiro atoms. The van der Waals surface area contributed by atoms with Gasteiger partial charge in [-0.3, -0.25) is 0 Å². The van der Waals surface area contributed by atoms with E-state index in [1.54, 1.807) is 24.3 Å². The molecule has 2 atom stereocenters. The summed E-state index contributed by atoms with van der Waals surface area (Å²) in [4.78, 5) is 7.11. The van der Waals surface area contributed by atoms with Crippen LogP contribution in [0.3, 0.4) is 0 Å². The van der Waals surface area contributed by atoms with Crippen LogP contribution in [0, 0.1) is 11.6 Å². The van der Waals surface area contributed by atoms with Crippen molar-refractivity contribution in [2.75, 3.05) is 47.3 Å². The topological polar surface area (TPSA) is 6.48 Å². The third-order valence-corrected chi connectivity index (χ3v) is 13.6. The van der Waals surface area contributed by atoms with E-state index in [9.17, 15) is 8.78 Å². The minimum Gasteiger partial charge on any atom is -0.333 e. The first-order chi connectivity index (χ1) is 24.9. The van der Waals surface area contributed by atoms with Gasteiger partial charge in [0.1, 0.15) is 11.6 Å². The minimum atomic E-state index is -0.911. The second-order valence-corrected chi connectivity index (χ2v) is 23.5. The molecule has 0 N–H and O–H groups in total. The zero-order valence-electron chi connectivity index (χ0n) is 30.5. The number of hydrogen-bond donors (Lipinski definition) is 0. The average Bonchev–Trinajstić information content (AvgIpc) is 3.11. The van der Waals surface area contributed by atoms with Crippen LogP contribution < -0.4 is 9.80 Å². The van der Waals surface area contributed by atoms with Gasteiger partial charge in [0.2, 0.25) is 0 Å². The number of hydrogen-bond acceptors (Lipinski definition) is 2. The summed E-state index contributed by atoms with van der Waals surface area (Å²) >= 11 is 0. The fraction of sp³-hybridized carbons (Fsp3) is 0.174. The Morgan fingerprint density at radius 2 is 1.08 bits per heavy atom. The van der Waals surface area contributed by atoms with Gasteiger partial charge in [-0.15, -0.1) is 0 Å². The van der Waals surface area contributed by atoms with Gasteiger partial charge in [0.25, 0.3) is 0 Å². The van der Waals surface area contributed by atoms with Crippen molar-refractivity contribution in [2.45, 2.75) is 21.8 Å². The van der Waals surface area contributed by atoms with E-state index in [2.05, 4.69) is 144 Å².